The van der Waals surface area contributed by atoms with Crippen molar-refractivity contribution >= 4 is 23.6 Å². The monoisotopic (exact) mass is 385 g/mol. The molecular formula is C21H21F2N3O2. The lowest BCUT2D eigenvalue weighted by molar-refractivity contribution is -0.127. The molecule has 7 heteroatoms. The first-order valence-electron chi connectivity index (χ1n) is 9.00. The zero-order chi connectivity index (χ0) is 19.9. The van der Waals surface area contributed by atoms with Gasteiger partial charge in [0.05, 0.1) is 6.54 Å². The molecule has 5 nitrogen and oxygen atoms in total. The van der Waals surface area contributed by atoms with E-state index in [1.165, 1.54) is 42.5 Å². The summed E-state index contributed by atoms with van der Waals surface area (Å²) in [6, 6.07) is 11.6. The number of hydrogen-bond donors (Lipinski definition) is 1. The highest BCUT2D eigenvalue weighted by atomic mass is 19.1. The summed E-state index contributed by atoms with van der Waals surface area (Å²) in [4.78, 5) is 28.0. The van der Waals surface area contributed by atoms with Crippen LogP contribution in [-0.2, 0) is 9.59 Å². The lowest BCUT2D eigenvalue weighted by Gasteiger charge is -2.33. The number of hydrogen-bond acceptors (Lipinski definition) is 3. The van der Waals surface area contributed by atoms with E-state index in [1.807, 2.05) is 4.90 Å². The Morgan fingerprint density at radius 3 is 2.36 bits per heavy atom. The molecule has 0 atom stereocenters. The number of carbonyl (C=O) groups excluding carboxylic acids is 2. The second-order valence-electron chi connectivity index (χ2n) is 6.54. The van der Waals surface area contributed by atoms with E-state index in [1.54, 1.807) is 23.1 Å². The number of carbonyl (C=O) groups is 2. The fourth-order valence-corrected chi connectivity index (χ4v) is 2.95. The zero-order valence-corrected chi connectivity index (χ0v) is 15.3. The van der Waals surface area contributed by atoms with Gasteiger partial charge in [-0.15, -0.1) is 0 Å². The molecule has 2 aromatic carbocycles. The molecule has 146 valence electrons. The van der Waals surface area contributed by atoms with Crippen LogP contribution in [0, 0.1) is 11.6 Å². The molecular weight excluding hydrogens is 364 g/mol. The minimum atomic E-state index is -0.356. The zero-order valence-electron chi connectivity index (χ0n) is 15.3. The second-order valence-corrected chi connectivity index (χ2v) is 6.54. The molecule has 2 amide bonds. The van der Waals surface area contributed by atoms with Gasteiger partial charge in [-0.1, -0.05) is 12.1 Å². The maximum atomic E-state index is 13.2. The van der Waals surface area contributed by atoms with Crippen molar-refractivity contribution in [2.75, 3.05) is 38.0 Å². The number of nitrogens with one attached hydrogen (secondary N) is 1. The Morgan fingerprint density at radius 2 is 1.68 bits per heavy atom. The lowest BCUT2D eigenvalue weighted by atomic mass is 10.2. The number of rotatable bonds is 5. The average molecular weight is 385 g/mol. The molecule has 3 rings (SSSR count). The molecule has 1 aliphatic heterocycles. The SMILES string of the molecule is O=C(CN1CCN(C(=O)C=Cc2cccc(F)c2)CC1)Nc1ccc(F)cc1. The molecule has 1 N–H and O–H groups in total. The molecule has 1 saturated heterocycles. The van der Waals surface area contributed by atoms with Gasteiger partial charge in [0, 0.05) is 37.9 Å². The van der Waals surface area contributed by atoms with Gasteiger partial charge >= 0.3 is 0 Å². The quantitative estimate of drug-likeness (QED) is 0.806. The van der Waals surface area contributed by atoms with Gasteiger partial charge in [0.15, 0.2) is 0 Å². The van der Waals surface area contributed by atoms with Gasteiger partial charge < -0.3 is 10.2 Å². The molecule has 0 saturated carbocycles. The average Bonchev–Trinajstić information content (AvgIpc) is 2.68. The van der Waals surface area contributed by atoms with E-state index in [-0.39, 0.29) is 30.0 Å². The summed E-state index contributed by atoms with van der Waals surface area (Å²) >= 11 is 0. The Hall–Kier alpha value is -3.06. The summed E-state index contributed by atoms with van der Waals surface area (Å²) in [6.07, 6.45) is 3.03. The second kappa shape index (κ2) is 9.23. The van der Waals surface area contributed by atoms with Crippen molar-refractivity contribution in [1.29, 1.82) is 0 Å². The number of halogens is 2. The molecule has 0 bridgehead atoms. The first-order valence-corrected chi connectivity index (χ1v) is 9.00. The summed E-state index contributed by atoms with van der Waals surface area (Å²) < 4.78 is 26.1. The molecule has 1 fully saturated rings. The fourth-order valence-electron chi connectivity index (χ4n) is 2.95. The van der Waals surface area contributed by atoms with Crippen molar-refractivity contribution in [1.82, 2.24) is 9.80 Å². The molecule has 0 unspecified atom stereocenters. The largest absolute Gasteiger partial charge is 0.337 e. The van der Waals surface area contributed by atoms with E-state index in [9.17, 15) is 18.4 Å². The number of nitrogens with zero attached hydrogens (tertiary/aromatic N) is 2. The van der Waals surface area contributed by atoms with Crippen LogP contribution in [0.3, 0.4) is 0 Å². The maximum absolute atomic E-state index is 13.2. The third-order valence-corrected chi connectivity index (χ3v) is 4.45. The summed E-state index contributed by atoms with van der Waals surface area (Å²) in [5.74, 6) is -1.02. The summed E-state index contributed by atoms with van der Waals surface area (Å²) in [5, 5.41) is 2.72. The molecule has 1 heterocycles. The Morgan fingerprint density at radius 1 is 0.964 bits per heavy atom. The number of piperazine rings is 1. The molecule has 0 aliphatic carbocycles. The van der Waals surface area contributed by atoms with E-state index in [0.717, 1.165) is 0 Å². The Labute approximate surface area is 162 Å². The molecule has 1 aliphatic rings. The van der Waals surface area contributed by atoms with Crippen LogP contribution in [0.2, 0.25) is 0 Å². The van der Waals surface area contributed by atoms with Crippen molar-refractivity contribution in [3.8, 4) is 0 Å². The van der Waals surface area contributed by atoms with Gasteiger partial charge in [-0.25, -0.2) is 8.78 Å². The highest BCUT2D eigenvalue weighted by molar-refractivity contribution is 5.93. The minimum Gasteiger partial charge on any atom is -0.337 e. The van der Waals surface area contributed by atoms with Gasteiger partial charge in [0.25, 0.3) is 0 Å². The molecule has 2 aromatic rings. The van der Waals surface area contributed by atoms with Gasteiger partial charge in [0.2, 0.25) is 11.8 Å². The highest BCUT2D eigenvalue weighted by Crippen LogP contribution is 2.10. The number of benzene rings is 2. The molecule has 0 spiro atoms. The van der Waals surface area contributed by atoms with Crippen LogP contribution in [0.4, 0.5) is 14.5 Å². The predicted octanol–water partition coefficient (Wildman–Crippen LogP) is 2.76. The standard InChI is InChI=1S/C21H21F2N3O2/c22-17-5-7-19(8-6-17)24-20(27)15-25-10-12-26(13-11-25)21(28)9-4-16-2-1-3-18(23)14-16/h1-9,14H,10-13,15H2,(H,24,27). The summed E-state index contributed by atoms with van der Waals surface area (Å²) in [6.45, 7) is 2.39. The molecule has 28 heavy (non-hydrogen) atoms. The third kappa shape index (κ3) is 5.72. The Bertz CT molecular complexity index is 860. The van der Waals surface area contributed by atoms with Crippen LogP contribution in [0.5, 0.6) is 0 Å². The van der Waals surface area contributed by atoms with Crippen molar-refractivity contribution in [3.63, 3.8) is 0 Å². The summed E-state index contributed by atoms with van der Waals surface area (Å²) in [5.41, 5.74) is 1.17. The van der Waals surface area contributed by atoms with Crippen LogP contribution >= 0.6 is 0 Å². The van der Waals surface area contributed by atoms with Crippen LogP contribution in [0.15, 0.2) is 54.6 Å². The highest BCUT2D eigenvalue weighted by Gasteiger charge is 2.21. The van der Waals surface area contributed by atoms with E-state index in [2.05, 4.69) is 5.32 Å². The first kappa shape index (κ1) is 19.7. The third-order valence-electron chi connectivity index (χ3n) is 4.45. The number of anilines is 1. The van der Waals surface area contributed by atoms with E-state index in [4.69, 9.17) is 0 Å². The van der Waals surface area contributed by atoms with E-state index >= 15 is 0 Å². The van der Waals surface area contributed by atoms with E-state index in [0.29, 0.717) is 37.4 Å². The predicted molar refractivity (Wildman–Crippen MR) is 103 cm³/mol. The summed E-state index contributed by atoms with van der Waals surface area (Å²) in [7, 11) is 0. The van der Waals surface area contributed by atoms with Crippen LogP contribution in [-0.4, -0.2) is 54.3 Å². The molecule has 0 aromatic heterocycles. The smallest absolute Gasteiger partial charge is 0.246 e. The van der Waals surface area contributed by atoms with Crippen molar-refractivity contribution in [2.45, 2.75) is 0 Å². The van der Waals surface area contributed by atoms with Gasteiger partial charge in [0.1, 0.15) is 11.6 Å². The number of amides is 2. The van der Waals surface area contributed by atoms with Crippen LogP contribution in [0.1, 0.15) is 5.56 Å². The van der Waals surface area contributed by atoms with Crippen LogP contribution in [0.25, 0.3) is 6.08 Å². The lowest BCUT2D eigenvalue weighted by Crippen LogP contribution is -2.50. The van der Waals surface area contributed by atoms with Gasteiger partial charge in [-0.05, 0) is 48.0 Å². The maximum Gasteiger partial charge on any atom is 0.246 e. The first-order chi connectivity index (χ1) is 13.5. The topological polar surface area (TPSA) is 52.7 Å². The van der Waals surface area contributed by atoms with Crippen molar-refractivity contribution in [2.24, 2.45) is 0 Å². The van der Waals surface area contributed by atoms with E-state index < -0.39 is 0 Å². The van der Waals surface area contributed by atoms with Gasteiger partial charge in [-0.2, -0.15) is 0 Å². The van der Waals surface area contributed by atoms with Crippen molar-refractivity contribution in [3.05, 3.63) is 71.8 Å². The van der Waals surface area contributed by atoms with Crippen LogP contribution < -0.4 is 5.32 Å². The normalized spacial score (nSPS) is 15.0. The molecule has 0 radical (unpaired) electrons. The minimum absolute atomic E-state index is 0.139. The van der Waals surface area contributed by atoms with Gasteiger partial charge in [-0.3, -0.25) is 14.5 Å². The fraction of sp³-hybridized carbons (Fsp3) is 0.238. The Kier molecular flexibility index (Phi) is 6.49. The Balaban J connectivity index is 1.44. The van der Waals surface area contributed by atoms with Crippen molar-refractivity contribution < 1.29 is 18.4 Å².